The first-order chi connectivity index (χ1) is 9.49. The van der Waals surface area contributed by atoms with Crippen LogP contribution in [0.5, 0.6) is 5.75 Å². The highest BCUT2D eigenvalue weighted by Crippen LogP contribution is 2.25. The first kappa shape index (κ1) is 14.1. The lowest BCUT2D eigenvalue weighted by Gasteiger charge is -2.14. The van der Waals surface area contributed by atoms with E-state index in [1.165, 1.54) is 0 Å². The number of carbonyl (C=O) groups is 1. The number of nitrogens with zero attached hydrogens (tertiary/aromatic N) is 1. The van der Waals surface area contributed by atoms with Crippen molar-refractivity contribution in [2.75, 3.05) is 5.32 Å². The molecule has 0 radical (unpaired) electrons. The van der Waals surface area contributed by atoms with Crippen molar-refractivity contribution in [3.63, 3.8) is 0 Å². The van der Waals surface area contributed by atoms with Gasteiger partial charge >= 0.3 is 0 Å². The zero-order valence-electron chi connectivity index (χ0n) is 12.2. The molecule has 0 aliphatic rings. The highest BCUT2D eigenvalue weighted by atomic mass is 16.5. The van der Waals surface area contributed by atoms with Crippen molar-refractivity contribution in [3.05, 3.63) is 41.2 Å². The summed E-state index contributed by atoms with van der Waals surface area (Å²) in [6.07, 6.45) is 0.0439. The molecule has 0 aliphatic carbocycles. The number of aromatic nitrogens is 2. The van der Waals surface area contributed by atoms with Crippen LogP contribution in [0, 0.1) is 13.8 Å². The molecule has 106 valence electrons. The van der Waals surface area contributed by atoms with Gasteiger partial charge in [-0.1, -0.05) is 12.1 Å². The van der Waals surface area contributed by atoms with E-state index in [0.29, 0.717) is 17.1 Å². The van der Waals surface area contributed by atoms with Crippen molar-refractivity contribution in [2.24, 2.45) is 0 Å². The SMILES string of the molecule is Cc1[nH]nc(C(=O)Nc2ccccc2OC(C)C)c1C. The first-order valence-electron chi connectivity index (χ1n) is 6.57. The predicted molar refractivity (Wildman–Crippen MR) is 78.2 cm³/mol. The van der Waals surface area contributed by atoms with E-state index in [-0.39, 0.29) is 12.0 Å². The van der Waals surface area contributed by atoms with E-state index in [2.05, 4.69) is 15.5 Å². The summed E-state index contributed by atoms with van der Waals surface area (Å²) in [4.78, 5) is 12.2. The topological polar surface area (TPSA) is 67.0 Å². The van der Waals surface area contributed by atoms with E-state index in [1.54, 1.807) is 0 Å². The van der Waals surface area contributed by atoms with Crippen LogP contribution in [0.1, 0.15) is 35.6 Å². The molecule has 0 saturated heterocycles. The van der Waals surface area contributed by atoms with E-state index < -0.39 is 0 Å². The molecule has 0 atom stereocenters. The summed E-state index contributed by atoms with van der Waals surface area (Å²) in [7, 11) is 0. The van der Waals surface area contributed by atoms with Crippen LogP contribution in [0.2, 0.25) is 0 Å². The highest BCUT2D eigenvalue weighted by Gasteiger charge is 2.16. The molecular weight excluding hydrogens is 254 g/mol. The van der Waals surface area contributed by atoms with Crippen molar-refractivity contribution in [2.45, 2.75) is 33.8 Å². The van der Waals surface area contributed by atoms with E-state index in [4.69, 9.17) is 4.74 Å². The molecule has 0 spiro atoms. The van der Waals surface area contributed by atoms with Gasteiger partial charge < -0.3 is 10.1 Å². The molecule has 2 aromatic rings. The van der Waals surface area contributed by atoms with Crippen LogP contribution in [-0.2, 0) is 0 Å². The van der Waals surface area contributed by atoms with E-state index >= 15 is 0 Å². The van der Waals surface area contributed by atoms with Gasteiger partial charge in [-0.2, -0.15) is 5.10 Å². The summed E-state index contributed by atoms with van der Waals surface area (Å²) < 4.78 is 5.67. The minimum Gasteiger partial charge on any atom is -0.489 e. The molecule has 20 heavy (non-hydrogen) atoms. The summed E-state index contributed by atoms with van der Waals surface area (Å²) in [5, 5.41) is 9.67. The maximum atomic E-state index is 12.2. The number of amides is 1. The Morgan fingerprint density at radius 2 is 2.00 bits per heavy atom. The van der Waals surface area contributed by atoms with Crippen molar-refractivity contribution >= 4 is 11.6 Å². The van der Waals surface area contributed by atoms with Gasteiger partial charge in [0.25, 0.3) is 5.91 Å². The second-order valence-electron chi connectivity index (χ2n) is 4.94. The number of benzene rings is 1. The summed E-state index contributed by atoms with van der Waals surface area (Å²) in [6.45, 7) is 7.64. The van der Waals surface area contributed by atoms with Crippen LogP contribution in [0.25, 0.3) is 0 Å². The lowest BCUT2D eigenvalue weighted by molar-refractivity contribution is 0.102. The Hall–Kier alpha value is -2.30. The monoisotopic (exact) mass is 273 g/mol. The fraction of sp³-hybridized carbons (Fsp3) is 0.333. The number of rotatable bonds is 4. The molecule has 0 aliphatic heterocycles. The quantitative estimate of drug-likeness (QED) is 0.899. The lowest BCUT2D eigenvalue weighted by atomic mass is 10.2. The summed E-state index contributed by atoms with van der Waals surface area (Å²) in [5.41, 5.74) is 2.79. The van der Waals surface area contributed by atoms with E-state index in [1.807, 2.05) is 52.0 Å². The van der Waals surface area contributed by atoms with Gasteiger partial charge in [-0.05, 0) is 39.8 Å². The predicted octanol–water partition coefficient (Wildman–Crippen LogP) is 3.07. The summed E-state index contributed by atoms with van der Waals surface area (Å²) >= 11 is 0. The summed E-state index contributed by atoms with van der Waals surface area (Å²) in [5.74, 6) is 0.410. The number of carbonyl (C=O) groups excluding carboxylic acids is 1. The average molecular weight is 273 g/mol. The molecule has 1 aromatic heterocycles. The van der Waals surface area contributed by atoms with Gasteiger partial charge in [-0.15, -0.1) is 0 Å². The van der Waals surface area contributed by atoms with Gasteiger partial charge in [-0.3, -0.25) is 9.89 Å². The van der Waals surface area contributed by atoms with Crippen molar-refractivity contribution in [3.8, 4) is 5.75 Å². The van der Waals surface area contributed by atoms with E-state index in [0.717, 1.165) is 11.3 Å². The Balaban J connectivity index is 2.22. The third kappa shape index (κ3) is 2.99. The van der Waals surface area contributed by atoms with Crippen LogP contribution in [0.15, 0.2) is 24.3 Å². The standard InChI is InChI=1S/C15H19N3O2/c1-9(2)20-13-8-6-5-7-12(13)16-15(19)14-10(3)11(4)17-18-14/h5-9H,1-4H3,(H,16,19)(H,17,18). The Morgan fingerprint density at radius 3 is 2.60 bits per heavy atom. The molecule has 1 heterocycles. The molecule has 0 fully saturated rings. The number of H-pyrrole nitrogens is 1. The second-order valence-corrected chi connectivity index (χ2v) is 4.94. The molecule has 5 heteroatoms. The zero-order valence-corrected chi connectivity index (χ0v) is 12.2. The van der Waals surface area contributed by atoms with Gasteiger partial charge in [-0.25, -0.2) is 0 Å². The van der Waals surface area contributed by atoms with Crippen molar-refractivity contribution in [1.29, 1.82) is 0 Å². The summed E-state index contributed by atoms with van der Waals surface area (Å²) in [6, 6.07) is 7.37. The number of anilines is 1. The Morgan fingerprint density at radius 1 is 1.30 bits per heavy atom. The molecule has 0 unspecified atom stereocenters. The fourth-order valence-corrected chi connectivity index (χ4v) is 1.81. The normalized spacial score (nSPS) is 10.7. The van der Waals surface area contributed by atoms with Gasteiger partial charge in [0.05, 0.1) is 11.8 Å². The van der Waals surface area contributed by atoms with Crippen LogP contribution < -0.4 is 10.1 Å². The molecule has 2 N–H and O–H groups in total. The molecular formula is C15H19N3O2. The number of hydrogen-bond acceptors (Lipinski definition) is 3. The maximum Gasteiger partial charge on any atom is 0.276 e. The lowest BCUT2D eigenvalue weighted by Crippen LogP contribution is -2.15. The van der Waals surface area contributed by atoms with Gasteiger partial charge in [0.15, 0.2) is 5.69 Å². The highest BCUT2D eigenvalue weighted by molar-refractivity contribution is 6.04. The molecule has 2 rings (SSSR count). The third-order valence-corrected chi connectivity index (χ3v) is 2.97. The molecule has 5 nitrogen and oxygen atoms in total. The van der Waals surface area contributed by atoms with E-state index in [9.17, 15) is 4.79 Å². The molecule has 0 bridgehead atoms. The molecule has 0 saturated carbocycles. The Labute approximate surface area is 118 Å². The Kier molecular flexibility index (Phi) is 4.08. The zero-order chi connectivity index (χ0) is 14.7. The van der Waals surface area contributed by atoms with Crippen LogP contribution in [0.4, 0.5) is 5.69 Å². The van der Waals surface area contributed by atoms with Gasteiger partial charge in [0, 0.05) is 11.3 Å². The van der Waals surface area contributed by atoms with Crippen LogP contribution >= 0.6 is 0 Å². The number of nitrogens with one attached hydrogen (secondary N) is 2. The van der Waals surface area contributed by atoms with Gasteiger partial charge in [0.1, 0.15) is 5.75 Å². The van der Waals surface area contributed by atoms with Crippen molar-refractivity contribution < 1.29 is 9.53 Å². The first-order valence-corrected chi connectivity index (χ1v) is 6.57. The number of aromatic amines is 1. The minimum atomic E-state index is -0.244. The largest absolute Gasteiger partial charge is 0.489 e. The fourth-order valence-electron chi connectivity index (χ4n) is 1.81. The second kappa shape index (κ2) is 5.77. The Bertz CT molecular complexity index is 617. The smallest absolute Gasteiger partial charge is 0.276 e. The average Bonchev–Trinajstić information content (AvgIpc) is 2.72. The minimum absolute atomic E-state index is 0.0439. The third-order valence-electron chi connectivity index (χ3n) is 2.97. The number of para-hydroxylation sites is 2. The van der Waals surface area contributed by atoms with Crippen LogP contribution in [-0.4, -0.2) is 22.2 Å². The number of aryl methyl sites for hydroxylation is 1. The van der Waals surface area contributed by atoms with Crippen molar-refractivity contribution in [1.82, 2.24) is 10.2 Å². The molecule has 1 amide bonds. The van der Waals surface area contributed by atoms with Gasteiger partial charge in [0.2, 0.25) is 0 Å². The molecule has 1 aromatic carbocycles. The van der Waals surface area contributed by atoms with Crippen LogP contribution in [0.3, 0.4) is 0 Å². The number of hydrogen-bond donors (Lipinski definition) is 2. The number of ether oxygens (including phenoxy) is 1. The maximum absolute atomic E-state index is 12.2.